The molecule has 1 fully saturated rings. The molecule has 2 N–H and O–H groups in total. The van der Waals surface area contributed by atoms with E-state index in [-0.39, 0.29) is 17.6 Å². The molecule has 0 aliphatic carbocycles. The highest BCUT2D eigenvalue weighted by atomic mass is 35.5. The number of likely N-dealkylation sites (tertiary alicyclic amines) is 1. The Morgan fingerprint density at radius 1 is 1.32 bits per heavy atom. The van der Waals surface area contributed by atoms with E-state index < -0.39 is 0 Å². The van der Waals surface area contributed by atoms with Gasteiger partial charge in [-0.15, -0.1) is 0 Å². The maximum atomic E-state index is 12.4. The Morgan fingerprint density at radius 2 is 2.11 bits per heavy atom. The third-order valence-corrected chi connectivity index (χ3v) is 4.87. The van der Waals surface area contributed by atoms with Gasteiger partial charge in [-0.2, -0.15) is 0 Å². The van der Waals surface area contributed by atoms with E-state index in [4.69, 9.17) is 16.0 Å². The maximum Gasteiger partial charge on any atom is 0.273 e. The molecular weight excluding hydrogens is 378 g/mol. The summed E-state index contributed by atoms with van der Waals surface area (Å²) in [5.74, 6) is 0.111. The van der Waals surface area contributed by atoms with Crippen molar-refractivity contribution in [1.29, 1.82) is 0 Å². The number of rotatable bonds is 8. The van der Waals surface area contributed by atoms with Crippen LogP contribution in [-0.4, -0.2) is 53.0 Å². The number of halogens is 1. The molecule has 0 unspecified atom stereocenters. The van der Waals surface area contributed by atoms with Crippen LogP contribution in [0.1, 0.15) is 50.0 Å². The van der Waals surface area contributed by atoms with Gasteiger partial charge in [0.05, 0.1) is 11.3 Å². The highest BCUT2D eigenvalue weighted by Gasteiger charge is 2.17. The van der Waals surface area contributed by atoms with Gasteiger partial charge < -0.3 is 20.0 Å². The molecule has 1 aliphatic heterocycles. The van der Waals surface area contributed by atoms with Gasteiger partial charge in [0.2, 0.25) is 5.89 Å². The van der Waals surface area contributed by atoms with Crippen LogP contribution in [0.4, 0.5) is 5.69 Å². The minimum atomic E-state index is -0.228. The second-order valence-electron chi connectivity index (χ2n) is 7.40. The Hall–Kier alpha value is -2.12. The molecule has 2 aromatic heterocycles. The lowest BCUT2D eigenvalue weighted by Crippen LogP contribution is -2.33. The summed E-state index contributed by atoms with van der Waals surface area (Å²) in [6.07, 6.45) is 7.80. The van der Waals surface area contributed by atoms with E-state index in [2.05, 4.69) is 25.5 Å². The van der Waals surface area contributed by atoms with E-state index in [9.17, 15) is 4.79 Å². The van der Waals surface area contributed by atoms with Crippen molar-refractivity contribution in [3.05, 3.63) is 29.4 Å². The van der Waals surface area contributed by atoms with Crippen molar-refractivity contribution < 1.29 is 9.21 Å². The summed E-state index contributed by atoms with van der Waals surface area (Å²) < 4.78 is 5.53. The number of carbonyl (C=O) groups excluding carboxylic acids is 1. The number of nitrogens with zero attached hydrogens (tertiary/aromatic N) is 3. The van der Waals surface area contributed by atoms with Crippen LogP contribution in [0, 0.1) is 0 Å². The van der Waals surface area contributed by atoms with Gasteiger partial charge in [0, 0.05) is 18.8 Å². The predicted octanol–water partition coefficient (Wildman–Crippen LogP) is 3.82. The van der Waals surface area contributed by atoms with Gasteiger partial charge in [-0.3, -0.25) is 4.79 Å². The molecule has 0 saturated carbocycles. The van der Waals surface area contributed by atoms with Crippen molar-refractivity contribution >= 4 is 23.2 Å². The maximum absolute atomic E-state index is 12.4. The van der Waals surface area contributed by atoms with Gasteiger partial charge in [0.15, 0.2) is 5.69 Å². The smallest absolute Gasteiger partial charge is 0.273 e. The largest absolute Gasteiger partial charge is 0.443 e. The van der Waals surface area contributed by atoms with Gasteiger partial charge in [-0.05, 0) is 58.8 Å². The van der Waals surface area contributed by atoms with Crippen LogP contribution in [0.25, 0.3) is 11.5 Å². The van der Waals surface area contributed by atoms with Crippen molar-refractivity contribution in [2.45, 2.75) is 45.6 Å². The fourth-order valence-corrected chi connectivity index (χ4v) is 3.47. The Labute approximate surface area is 170 Å². The van der Waals surface area contributed by atoms with Crippen LogP contribution in [0.2, 0.25) is 5.15 Å². The fraction of sp³-hybridized carbons (Fsp3) is 0.550. The SMILES string of the molecule is CC(C)Nc1cc(Cl)ncc1-c1nc(C(=O)NCCCN2CCCCC2)co1. The van der Waals surface area contributed by atoms with E-state index >= 15 is 0 Å². The highest BCUT2D eigenvalue weighted by Crippen LogP contribution is 2.29. The molecule has 3 rings (SSSR count). The van der Waals surface area contributed by atoms with Crippen molar-refractivity contribution in [1.82, 2.24) is 20.2 Å². The molecule has 7 nitrogen and oxygen atoms in total. The Balaban J connectivity index is 1.56. The predicted molar refractivity (Wildman–Crippen MR) is 111 cm³/mol. The van der Waals surface area contributed by atoms with E-state index in [0.717, 1.165) is 18.7 Å². The van der Waals surface area contributed by atoms with Gasteiger partial charge in [0.1, 0.15) is 11.4 Å². The first-order chi connectivity index (χ1) is 13.5. The van der Waals surface area contributed by atoms with Crippen LogP contribution in [0.5, 0.6) is 0 Å². The van der Waals surface area contributed by atoms with Crippen molar-refractivity contribution in [3.8, 4) is 11.5 Å². The molecule has 2 aromatic rings. The summed E-state index contributed by atoms with van der Waals surface area (Å²) in [6.45, 7) is 8.03. The summed E-state index contributed by atoms with van der Waals surface area (Å²) in [4.78, 5) is 23.3. The molecule has 1 aliphatic rings. The summed E-state index contributed by atoms with van der Waals surface area (Å²) in [5, 5.41) is 6.59. The molecular formula is C20H28ClN5O2. The Morgan fingerprint density at radius 3 is 2.86 bits per heavy atom. The number of amides is 1. The first-order valence-corrected chi connectivity index (χ1v) is 10.3. The monoisotopic (exact) mass is 405 g/mol. The summed E-state index contributed by atoms with van der Waals surface area (Å²) in [6, 6.07) is 1.93. The average molecular weight is 406 g/mol. The topological polar surface area (TPSA) is 83.3 Å². The van der Waals surface area contributed by atoms with Crippen molar-refractivity contribution in [2.24, 2.45) is 0 Å². The number of carbonyl (C=O) groups is 1. The zero-order valence-corrected chi connectivity index (χ0v) is 17.3. The quantitative estimate of drug-likeness (QED) is 0.513. The van der Waals surface area contributed by atoms with E-state index in [1.807, 2.05) is 13.8 Å². The lowest BCUT2D eigenvalue weighted by atomic mass is 10.1. The fourth-order valence-electron chi connectivity index (χ4n) is 3.31. The second kappa shape index (κ2) is 9.89. The molecule has 0 radical (unpaired) electrons. The lowest BCUT2D eigenvalue weighted by molar-refractivity contribution is 0.0946. The second-order valence-corrected chi connectivity index (χ2v) is 7.79. The number of pyridine rings is 1. The molecule has 0 atom stereocenters. The molecule has 8 heteroatoms. The van der Waals surface area contributed by atoms with E-state index in [1.54, 1.807) is 12.3 Å². The minimum absolute atomic E-state index is 0.204. The normalized spacial score (nSPS) is 15.0. The Kier molecular flexibility index (Phi) is 7.28. The number of hydrogen-bond donors (Lipinski definition) is 2. The minimum Gasteiger partial charge on any atom is -0.443 e. The lowest BCUT2D eigenvalue weighted by Gasteiger charge is -2.26. The molecule has 0 aromatic carbocycles. The van der Waals surface area contributed by atoms with Crippen molar-refractivity contribution in [3.63, 3.8) is 0 Å². The molecule has 28 heavy (non-hydrogen) atoms. The third-order valence-electron chi connectivity index (χ3n) is 4.67. The number of nitrogens with one attached hydrogen (secondary N) is 2. The average Bonchev–Trinajstić information content (AvgIpc) is 3.15. The van der Waals surface area contributed by atoms with Crippen LogP contribution in [-0.2, 0) is 0 Å². The highest BCUT2D eigenvalue weighted by molar-refractivity contribution is 6.29. The molecule has 152 valence electrons. The number of piperidine rings is 1. The molecule has 0 spiro atoms. The molecule has 3 heterocycles. The zero-order chi connectivity index (χ0) is 19.9. The number of anilines is 1. The van der Waals surface area contributed by atoms with Crippen LogP contribution >= 0.6 is 11.6 Å². The Bertz CT molecular complexity index is 787. The summed E-state index contributed by atoms with van der Waals surface area (Å²) in [5.41, 5.74) is 1.70. The van der Waals surface area contributed by atoms with Crippen LogP contribution in [0.3, 0.4) is 0 Å². The van der Waals surface area contributed by atoms with E-state index in [0.29, 0.717) is 23.2 Å². The number of oxazole rings is 1. The molecule has 0 bridgehead atoms. The van der Waals surface area contributed by atoms with Gasteiger partial charge >= 0.3 is 0 Å². The van der Waals surface area contributed by atoms with Gasteiger partial charge in [-0.25, -0.2) is 9.97 Å². The summed E-state index contributed by atoms with van der Waals surface area (Å²) >= 11 is 6.00. The third kappa shape index (κ3) is 5.69. The standard InChI is InChI=1S/C20H28ClN5O2/c1-14(2)24-16-11-18(21)23-12-15(16)20-25-17(13-28-20)19(27)22-7-6-10-26-8-4-3-5-9-26/h11-14H,3-10H2,1-2H3,(H,22,27)(H,23,24). The molecule has 1 amide bonds. The number of aromatic nitrogens is 2. The first-order valence-electron chi connectivity index (χ1n) is 9.91. The van der Waals surface area contributed by atoms with Crippen molar-refractivity contribution in [2.75, 3.05) is 31.5 Å². The van der Waals surface area contributed by atoms with Gasteiger partial charge in [-0.1, -0.05) is 18.0 Å². The molecule has 1 saturated heterocycles. The zero-order valence-electron chi connectivity index (χ0n) is 16.5. The number of hydrogen-bond acceptors (Lipinski definition) is 6. The summed E-state index contributed by atoms with van der Waals surface area (Å²) in [7, 11) is 0. The van der Waals surface area contributed by atoms with E-state index in [1.165, 1.54) is 38.6 Å². The van der Waals surface area contributed by atoms with Crippen LogP contribution in [0.15, 0.2) is 22.9 Å². The van der Waals surface area contributed by atoms with Gasteiger partial charge in [0.25, 0.3) is 5.91 Å². The van der Waals surface area contributed by atoms with Crippen LogP contribution < -0.4 is 10.6 Å². The first kappa shape index (κ1) is 20.6.